The van der Waals surface area contributed by atoms with Gasteiger partial charge in [-0.05, 0) is 12.1 Å². The molecule has 0 radical (unpaired) electrons. The van der Waals surface area contributed by atoms with Crippen molar-refractivity contribution in [1.29, 1.82) is 0 Å². The molecule has 8 heteroatoms. The number of hydrogen-bond donors (Lipinski definition) is 1. The lowest BCUT2D eigenvalue weighted by atomic mass is 10.2. The number of hydrogen-bond acceptors (Lipinski definition) is 5. The van der Waals surface area contributed by atoms with Crippen LogP contribution in [0.4, 0.5) is 15.8 Å². The quantitative estimate of drug-likeness (QED) is 0.425. The van der Waals surface area contributed by atoms with E-state index in [2.05, 4.69) is 20.5 Å². The minimum atomic E-state index is -0.329. The van der Waals surface area contributed by atoms with Crippen LogP contribution in [0.5, 0.6) is 0 Å². The maximum absolute atomic E-state index is 11.5. The lowest BCUT2D eigenvalue weighted by molar-refractivity contribution is -0.113. The molecule has 0 saturated heterocycles. The molecular weight excluding hydrogens is 379 g/mol. The molecule has 1 N–H and O–H groups in total. The number of aromatic nitrogens is 1. The van der Waals surface area contributed by atoms with Gasteiger partial charge in [-0.3, -0.25) is 4.79 Å². The normalized spacial score (nSPS) is 11.0. The average Bonchev–Trinajstić information content (AvgIpc) is 3.04. The smallest absolute Gasteiger partial charge is 0.241 e. The Morgan fingerprint density at radius 3 is 2.52 bits per heavy atom. The number of halogens is 2. The molecular formula is C17H12Cl2N4OS. The lowest BCUT2D eigenvalue weighted by Crippen LogP contribution is -2.12. The third-order valence-electron chi connectivity index (χ3n) is 3.13. The van der Waals surface area contributed by atoms with E-state index < -0.39 is 0 Å². The van der Waals surface area contributed by atoms with Gasteiger partial charge in [0.15, 0.2) is 10.1 Å². The minimum Gasteiger partial charge on any atom is -0.301 e. The van der Waals surface area contributed by atoms with Crippen LogP contribution in [0.25, 0.3) is 11.3 Å². The fourth-order valence-electron chi connectivity index (χ4n) is 2.00. The first-order valence-corrected chi connectivity index (χ1v) is 8.98. The predicted molar refractivity (Wildman–Crippen MR) is 103 cm³/mol. The molecule has 0 atom stereocenters. The molecule has 3 aromatic rings. The summed E-state index contributed by atoms with van der Waals surface area (Å²) in [5.41, 5.74) is 2.06. The van der Waals surface area contributed by atoms with Gasteiger partial charge in [0, 0.05) is 5.56 Å². The summed E-state index contributed by atoms with van der Waals surface area (Å²) in [6.07, 6.45) is 0. The Labute approximate surface area is 158 Å². The van der Waals surface area contributed by atoms with Crippen molar-refractivity contribution in [2.24, 2.45) is 10.2 Å². The number of amides is 1. The molecule has 1 aromatic heterocycles. The zero-order chi connectivity index (χ0) is 17.6. The molecule has 0 fully saturated rings. The molecule has 0 spiro atoms. The van der Waals surface area contributed by atoms with Crippen LogP contribution < -0.4 is 5.32 Å². The standard InChI is InChI=1S/C17H12Cl2N4OS/c18-10-14(24)20-17-21-15(11-6-2-1-3-7-11)16(25-17)23-22-13-9-5-4-8-12(13)19/h1-9H,10H2,(H,20,21,24). The monoisotopic (exact) mass is 390 g/mol. The molecule has 0 aliphatic carbocycles. The van der Waals surface area contributed by atoms with Gasteiger partial charge in [-0.1, -0.05) is 65.4 Å². The van der Waals surface area contributed by atoms with Crippen LogP contribution in [0.1, 0.15) is 0 Å². The number of nitrogens with zero attached hydrogens (tertiary/aromatic N) is 3. The van der Waals surface area contributed by atoms with Crippen molar-refractivity contribution in [2.75, 3.05) is 11.2 Å². The molecule has 5 nitrogen and oxygen atoms in total. The number of benzene rings is 2. The first-order chi connectivity index (χ1) is 12.2. The van der Waals surface area contributed by atoms with Crippen molar-refractivity contribution in [2.45, 2.75) is 0 Å². The number of azo groups is 1. The van der Waals surface area contributed by atoms with Crippen LogP contribution in [0, 0.1) is 0 Å². The van der Waals surface area contributed by atoms with E-state index in [1.165, 1.54) is 11.3 Å². The summed E-state index contributed by atoms with van der Waals surface area (Å²) in [5.74, 6) is -0.471. The third-order valence-corrected chi connectivity index (χ3v) is 4.54. The first-order valence-electron chi connectivity index (χ1n) is 7.25. The van der Waals surface area contributed by atoms with E-state index in [1.54, 1.807) is 12.1 Å². The molecule has 0 saturated carbocycles. The Kier molecular flexibility index (Phi) is 5.75. The van der Waals surface area contributed by atoms with Crippen LogP contribution in [-0.2, 0) is 4.79 Å². The Balaban J connectivity index is 1.99. The van der Waals surface area contributed by atoms with Crippen LogP contribution >= 0.6 is 34.5 Å². The number of alkyl halides is 1. The zero-order valence-electron chi connectivity index (χ0n) is 12.8. The molecule has 1 heterocycles. The molecule has 0 aliphatic rings. The van der Waals surface area contributed by atoms with Gasteiger partial charge in [0.25, 0.3) is 0 Å². The van der Waals surface area contributed by atoms with Crippen LogP contribution in [0.15, 0.2) is 64.8 Å². The third kappa shape index (κ3) is 4.42. The Bertz CT molecular complexity index is 912. The molecule has 3 rings (SSSR count). The van der Waals surface area contributed by atoms with Gasteiger partial charge in [0.1, 0.15) is 17.3 Å². The van der Waals surface area contributed by atoms with Crippen molar-refractivity contribution in [3.8, 4) is 11.3 Å². The highest BCUT2D eigenvalue weighted by Gasteiger charge is 2.14. The fraction of sp³-hybridized carbons (Fsp3) is 0.0588. The van der Waals surface area contributed by atoms with Crippen molar-refractivity contribution in [1.82, 2.24) is 4.98 Å². The van der Waals surface area contributed by atoms with Crippen LogP contribution in [0.2, 0.25) is 5.02 Å². The Morgan fingerprint density at radius 2 is 1.80 bits per heavy atom. The summed E-state index contributed by atoms with van der Waals surface area (Å²) in [5, 5.41) is 12.6. The Hall–Kier alpha value is -2.28. The highest BCUT2D eigenvalue weighted by atomic mass is 35.5. The summed E-state index contributed by atoms with van der Waals surface area (Å²) in [7, 11) is 0. The predicted octanol–water partition coefficient (Wildman–Crippen LogP) is 6.06. The SMILES string of the molecule is O=C(CCl)Nc1nc(-c2ccccc2)c(N=Nc2ccccc2Cl)s1. The first kappa shape index (κ1) is 17.5. The molecule has 126 valence electrons. The highest BCUT2D eigenvalue weighted by Crippen LogP contribution is 2.39. The van der Waals surface area contributed by atoms with E-state index in [0.29, 0.717) is 26.5 Å². The maximum atomic E-state index is 11.5. The van der Waals surface area contributed by atoms with Crippen LogP contribution in [-0.4, -0.2) is 16.8 Å². The number of rotatable bonds is 5. The maximum Gasteiger partial charge on any atom is 0.241 e. The zero-order valence-corrected chi connectivity index (χ0v) is 15.1. The van der Waals surface area contributed by atoms with Gasteiger partial charge in [0.05, 0.1) is 5.02 Å². The van der Waals surface area contributed by atoms with E-state index in [1.807, 2.05) is 42.5 Å². The lowest BCUT2D eigenvalue weighted by Gasteiger charge is -1.98. The molecule has 2 aromatic carbocycles. The summed E-state index contributed by atoms with van der Waals surface area (Å²) >= 11 is 12.9. The van der Waals surface area contributed by atoms with Crippen molar-refractivity contribution in [3.05, 3.63) is 59.6 Å². The fourth-order valence-corrected chi connectivity index (χ4v) is 3.07. The van der Waals surface area contributed by atoms with Gasteiger partial charge in [0.2, 0.25) is 5.91 Å². The number of anilines is 1. The second-order valence-electron chi connectivity index (χ2n) is 4.87. The molecule has 1 amide bonds. The largest absolute Gasteiger partial charge is 0.301 e. The number of carbonyl (C=O) groups excluding carboxylic acids is 1. The van der Waals surface area contributed by atoms with E-state index in [9.17, 15) is 4.79 Å². The summed E-state index contributed by atoms with van der Waals surface area (Å²) in [4.78, 5) is 16.0. The van der Waals surface area contributed by atoms with Crippen LogP contribution in [0.3, 0.4) is 0 Å². The summed E-state index contributed by atoms with van der Waals surface area (Å²) in [6.45, 7) is 0. The van der Waals surface area contributed by atoms with Gasteiger partial charge >= 0.3 is 0 Å². The van der Waals surface area contributed by atoms with Crippen molar-refractivity contribution < 1.29 is 4.79 Å². The second-order valence-corrected chi connectivity index (χ2v) is 6.52. The van der Waals surface area contributed by atoms with E-state index >= 15 is 0 Å². The van der Waals surface area contributed by atoms with Crippen molar-refractivity contribution >= 4 is 56.3 Å². The van der Waals surface area contributed by atoms with Gasteiger partial charge in [-0.15, -0.1) is 21.8 Å². The number of thiazole rings is 1. The van der Waals surface area contributed by atoms with E-state index in [4.69, 9.17) is 23.2 Å². The second kappa shape index (κ2) is 8.20. The number of nitrogens with one attached hydrogen (secondary N) is 1. The van der Waals surface area contributed by atoms with Gasteiger partial charge in [-0.2, -0.15) is 0 Å². The van der Waals surface area contributed by atoms with E-state index in [0.717, 1.165) is 5.56 Å². The summed E-state index contributed by atoms with van der Waals surface area (Å²) in [6, 6.07) is 16.7. The molecule has 0 bridgehead atoms. The molecule has 0 unspecified atom stereocenters. The molecule has 25 heavy (non-hydrogen) atoms. The highest BCUT2D eigenvalue weighted by molar-refractivity contribution is 7.19. The van der Waals surface area contributed by atoms with E-state index in [-0.39, 0.29) is 11.8 Å². The molecule has 0 aliphatic heterocycles. The number of carbonyl (C=O) groups is 1. The Morgan fingerprint density at radius 1 is 1.08 bits per heavy atom. The van der Waals surface area contributed by atoms with Gasteiger partial charge < -0.3 is 5.32 Å². The van der Waals surface area contributed by atoms with Gasteiger partial charge in [-0.25, -0.2) is 4.98 Å². The van der Waals surface area contributed by atoms with Crippen molar-refractivity contribution in [3.63, 3.8) is 0 Å². The minimum absolute atomic E-state index is 0.142. The topological polar surface area (TPSA) is 66.7 Å². The average molecular weight is 391 g/mol. The summed E-state index contributed by atoms with van der Waals surface area (Å²) < 4.78 is 0.